The van der Waals surface area contributed by atoms with Crippen LogP contribution >= 0.6 is 0 Å². The molecule has 276 valence electrons. The zero-order valence-electron chi connectivity index (χ0n) is 32.2. The summed E-state index contributed by atoms with van der Waals surface area (Å²) in [7, 11) is -4.27. The molecule has 0 heterocycles. The molecule has 0 aromatic heterocycles. The average Bonchev–Trinajstić information content (AvgIpc) is 3.04. The number of unbranched alkanes of at least 4 members (excludes halogenated alkanes) is 8. The van der Waals surface area contributed by atoms with Crippen LogP contribution in [-0.2, 0) is 10.1 Å². The van der Waals surface area contributed by atoms with E-state index in [0.29, 0.717) is 0 Å². The van der Waals surface area contributed by atoms with Crippen LogP contribution in [0.25, 0.3) is 0 Å². The highest BCUT2D eigenvalue weighted by Crippen LogP contribution is 2.18. The summed E-state index contributed by atoms with van der Waals surface area (Å²) in [5.74, 6) is 0. The number of nitrogens with zero attached hydrogens (tertiary/aromatic N) is 2. The summed E-state index contributed by atoms with van der Waals surface area (Å²) >= 11 is 0. The number of aryl methyl sites for hydroxylation is 1. The van der Waals surface area contributed by atoms with Gasteiger partial charge in [-0.05, 0) is 70.4 Å². The van der Waals surface area contributed by atoms with Gasteiger partial charge in [0.15, 0.2) is 0 Å². The molecule has 0 amide bonds. The third-order valence-electron chi connectivity index (χ3n) is 9.20. The number of hydrogen-bond acceptors (Lipinski definition) is 3. The van der Waals surface area contributed by atoms with Crippen LogP contribution in [0.5, 0.6) is 0 Å². The van der Waals surface area contributed by atoms with Crippen LogP contribution in [-0.4, -0.2) is 74.3 Å². The first-order valence-electron chi connectivity index (χ1n) is 19.2. The Morgan fingerprint density at radius 1 is 0.457 bits per heavy atom. The lowest BCUT2D eigenvalue weighted by Gasteiger charge is -2.39. The fourth-order valence-electron chi connectivity index (χ4n) is 5.99. The van der Waals surface area contributed by atoms with E-state index in [-0.39, 0.29) is 17.3 Å². The predicted octanol–water partition coefficient (Wildman–Crippen LogP) is 7.91. The Morgan fingerprint density at radius 3 is 0.804 bits per heavy atom. The van der Waals surface area contributed by atoms with E-state index in [1.165, 1.54) is 176 Å². The summed E-state index contributed by atoms with van der Waals surface area (Å²) in [6, 6.07) is 5.78. The number of rotatable bonds is 25. The summed E-state index contributed by atoms with van der Waals surface area (Å²) in [6.07, 6.45) is 22.1. The maximum atomic E-state index is 10.4. The molecule has 0 N–H and O–H groups in total. The predicted molar refractivity (Wildman–Crippen MR) is 198 cm³/mol. The van der Waals surface area contributed by atoms with Crippen molar-refractivity contribution in [3.05, 3.63) is 29.8 Å². The highest BCUT2D eigenvalue weighted by molar-refractivity contribution is 7.85. The molecule has 0 radical (unpaired) electrons. The lowest BCUT2D eigenvalue weighted by molar-refractivity contribution is -0.929. The van der Waals surface area contributed by atoms with Gasteiger partial charge in [-0.3, -0.25) is 0 Å². The molecule has 1 rings (SSSR count). The van der Waals surface area contributed by atoms with Crippen LogP contribution in [0.3, 0.4) is 0 Å². The maximum absolute atomic E-state index is 10.4. The van der Waals surface area contributed by atoms with Gasteiger partial charge in [0.25, 0.3) is 0 Å². The standard InChI is InChI=1S/2C16H36N.C7H8O3S.ClH/c2*1-5-9-13-17(14-10-6-2,15-11-7-3)16-12-8-4;1-6-2-4-7(5-3-6)11(8,9)10;/h2*5-16H2,1-4H3;2-5H,1H3,(H,8,9,10);1H/q2*+1;;/p-2. The molecule has 0 spiro atoms. The molecule has 1 aromatic rings. The van der Waals surface area contributed by atoms with Crippen LogP contribution < -0.4 is 12.4 Å². The molecule has 0 fully saturated rings. The van der Waals surface area contributed by atoms with Gasteiger partial charge < -0.3 is 25.9 Å². The van der Waals surface area contributed by atoms with Gasteiger partial charge in [-0.15, -0.1) is 0 Å². The van der Waals surface area contributed by atoms with Gasteiger partial charge in [-0.25, -0.2) is 8.42 Å². The van der Waals surface area contributed by atoms with Gasteiger partial charge in [0, 0.05) is 0 Å². The summed E-state index contributed by atoms with van der Waals surface area (Å²) < 4.78 is 34.0. The molecular formula is C39H79ClN2O3S. The summed E-state index contributed by atoms with van der Waals surface area (Å²) in [4.78, 5) is -0.178. The van der Waals surface area contributed by atoms with Crippen molar-refractivity contribution in [2.45, 2.75) is 170 Å². The van der Waals surface area contributed by atoms with Crippen molar-refractivity contribution in [2.75, 3.05) is 52.4 Å². The second-order valence-corrected chi connectivity index (χ2v) is 14.9. The minimum atomic E-state index is -4.27. The van der Waals surface area contributed by atoms with Crippen LogP contribution in [0.2, 0.25) is 0 Å². The SMILES string of the molecule is CCCC[N+](CCCC)(CCCC)CCCC.CCCC[N+](CCCC)(CCCC)CCCC.Cc1ccc(S(=O)(=O)[O-])cc1.[Cl-]. The van der Waals surface area contributed by atoms with Crippen LogP contribution in [0, 0.1) is 6.92 Å². The minimum Gasteiger partial charge on any atom is -1.00 e. The smallest absolute Gasteiger partial charge is 0.124 e. The van der Waals surface area contributed by atoms with Crippen LogP contribution in [0.15, 0.2) is 29.2 Å². The first kappa shape index (κ1) is 49.7. The van der Waals surface area contributed by atoms with Crippen molar-refractivity contribution < 1.29 is 34.3 Å². The summed E-state index contributed by atoms with van der Waals surface area (Å²) in [5, 5.41) is 0. The quantitative estimate of drug-likeness (QED) is 0.0774. The minimum absolute atomic E-state index is 0. The molecule has 46 heavy (non-hydrogen) atoms. The number of benzene rings is 1. The van der Waals surface area contributed by atoms with Crippen molar-refractivity contribution in [1.82, 2.24) is 0 Å². The molecule has 5 nitrogen and oxygen atoms in total. The lowest BCUT2D eigenvalue weighted by atomic mass is 10.1. The largest absolute Gasteiger partial charge is 1.00 e. The van der Waals surface area contributed by atoms with E-state index >= 15 is 0 Å². The Labute approximate surface area is 295 Å². The van der Waals surface area contributed by atoms with Crippen LogP contribution in [0.4, 0.5) is 0 Å². The number of quaternary nitrogens is 2. The Bertz CT molecular complexity index is 767. The average molecular weight is 692 g/mol. The van der Waals surface area contributed by atoms with E-state index in [0.717, 1.165) is 5.56 Å². The Hall–Kier alpha value is -0.660. The van der Waals surface area contributed by atoms with Crippen molar-refractivity contribution in [1.29, 1.82) is 0 Å². The molecule has 0 atom stereocenters. The van der Waals surface area contributed by atoms with E-state index in [4.69, 9.17) is 0 Å². The second kappa shape index (κ2) is 31.6. The van der Waals surface area contributed by atoms with E-state index < -0.39 is 10.1 Å². The van der Waals surface area contributed by atoms with Crippen molar-refractivity contribution in [2.24, 2.45) is 0 Å². The molecule has 7 heteroatoms. The Morgan fingerprint density at radius 2 is 0.652 bits per heavy atom. The van der Waals surface area contributed by atoms with Gasteiger partial charge in [0.2, 0.25) is 0 Å². The highest BCUT2D eigenvalue weighted by atomic mass is 35.5. The molecule has 0 saturated heterocycles. The second-order valence-electron chi connectivity index (χ2n) is 13.6. The lowest BCUT2D eigenvalue weighted by Crippen LogP contribution is -3.00. The maximum Gasteiger partial charge on any atom is 0.124 e. The molecule has 0 aliphatic heterocycles. The van der Waals surface area contributed by atoms with Crippen molar-refractivity contribution in [3.8, 4) is 0 Å². The first-order valence-corrected chi connectivity index (χ1v) is 20.6. The molecule has 0 aliphatic carbocycles. The first-order chi connectivity index (χ1) is 21.5. The zero-order chi connectivity index (χ0) is 34.5. The van der Waals surface area contributed by atoms with Crippen molar-refractivity contribution in [3.63, 3.8) is 0 Å². The molecule has 0 bridgehead atoms. The van der Waals surface area contributed by atoms with Gasteiger partial charge in [0.05, 0.1) is 57.3 Å². The number of hydrogen-bond donors (Lipinski definition) is 0. The zero-order valence-corrected chi connectivity index (χ0v) is 33.8. The molecule has 1 aromatic carbocycles. The summed E-state index contributed by atoms with van der Waals surface area (Å²) in [6.45, 7) is 31.9. The number of halogens is 1. The molecule has 0 saturated carbocycles. The Balaban J connectivity index is -0.000000610. The van der Waals surface area contributed by atoms with E-state index in [9.17, 15) is 13.0 Å². The highest BCUT2D eigenvalue weighted by Gasteiger charge is 2.25. The third-order valence-corrected chi connectivity index (χ3v) is 10.0. The van der Waals surface area contributed by atoms with Gasteiger partial charge in [-0.1, -0.05) is 124 Å². The van der Waals surface area contributed by atoms with Crippen LogP contribution in [0.1, 0.15) is 164 Å². The Kier molecular flexibility index (Phi) is 34.2. The normalized spacial score (nSPS) is 11.6. The van der Waals surface area contributed by atoms with E-state index in [1.54, 1.807) is 12.1 Å². The monoisotopic (exact) mass is 691 g/mol. The summed E-state index contributed by atoms with van der Waals surface area (Å²) in [5.41, 5.74) is 0.928. The van der Waals surface area contributed by atoms with Gasteiger partial charge >= 0.3 is 0 Å². The fourth-order valence-corrected chi connectivity index (χ4v) is 6.46. The third kappa shape index (κ3) is 25.4. The van der Waals surface area contributed by atoms with E-state index in [1.807, 2.05) is 6.92 Å². The van der Waals surface area contributed by atoms with E-state index in [2.05, 4.69) is 55.4 Å². The fraction of sp³-hybridized carbons (Fsp3) is 0.846. The topological polar surface area (TPSA) is 57.2 Å². The van der Waals surface area contributed by atoms with Gasteiger partial charge in [0.1, 0.15) is 10.1 Å². The molecule has 0 aliphatic rings. The molecular weight excluding hydrogens is 612 g/mol. The van der Waals surface area contributed by atoms with Crippen molar-refractivity contribution >= 4 is 10.1 Å². The molecule has 0 unspecified atom stereocenters. The van der Waals surface area contributed by atoms with Gasteiger partial charge in [-0.2, -0.15) is 0 Å².